The van der Waals surface area contributed by atoms with Crippen molar-refractivity contribution >= 4 is 8.46 Å². The van der Waals surface area contributed by atoms with Gasteiger partial charge in [0.05, 0.1) is 12.3 Å². The average molecular weight is 224 g/mol. The van der Waals surface area contributed by atoms with Gasteiger partial charge in [0.1, 0.15) is 5.75 Å². The summed E-state index contributed by atoms with van der Waals surface area (Å²) in [5, 5.41) is -0.299. The van der Waals surface area contributed by atoms with Crippen molar-refractivity contribution in [2.75, 3.05) is 7.11 Å². The SMILES string of the molecule is CCC(CC)(P=O)c1ccccc1OC. The van der Waals surface area contributed by atoms with E-state index in [1.165, 1.54) is 0 Å². The summed E-state index contributed by atoms with van der Waals surface area (Å²) < 4.78 is 16.7. The highest BCUT2D eigenvalue weighted by molar-refractivity contribution is 7.25. The van der Waals surface area contributed by atoms with Crippen LogP contribution in [0.2, 0.25) is 0 Å². The summed E-state index contributed by atoms with van der Waals surface area (Å²) >= 11 is 0. The number of hydrogen-bond acceptors (Lipinski definition) is 2. The van der Waals surface area contributed by atoms with Crippen molar-refractivity contribution in [3.05, 3.63) is 29.8 Å². The number of rotatable bonds is 5. The maximum absolute atomic E-state index is 11.4. The lowest BCUT2D eigenvalue weighted by molar-refractivity contribution is 0.397. The van der Waals surface area contributed by atoms with Gasteiger partial charge in [-0.3, -0.25) is 4.57 Å². The molecule has 0 atom stereocenters. The molecule has 0 aliphatic heterocycles. The quantitative estimate of drug-likeness (QED) is 0.706. The van der Waals surface area contributed by atoms with Gasteiger partial charge in [-0.1, -0.05) is 32.0 Å². The summed E-state index contributed by atoms with van der Waals surface area (Å²) in [4.78, 5) is 0. The molecular weight excluding hydrogens is 207 g/mol. The first kappa shape index (κ1) is 12.2. The molecule has 0 aliphatic carbocycles. The molecule has 0 heterocycles. The second kappa shape index (κ2) is 5.27. The van der Waals surface area contributed by atoms with E-state index in [0.29, 0.717) is 0 Å². The highest BCUT2D eigenvalue weighted by Crippen LogP contribution is 2.45. The Bertz CT molecular complexity index is 332. The molecular formula is C12H17O2P. The van der Waals surface area contributed by atoms with Crippen LogP contribution in [0, 0.1) is 0 Å². The van der Waals surface area contributed by atoms with E-state index < -0.39 is 0 Å². The summed E-state index contributed by atoms with van der Waals surface area (Å²) in [6.45, 7) is 4.11. The van der Waals surface area contributed by atoms with Crippen LogP contribution in [-0.4, -0.2) is 7.11 Å². The Balaban J connectivity index is 3.27. The standard InChI is InChI=1S/C12H17O2P/c1-4-12(5-2,15-13)10-8-6-7-9-11(10)14-3/h6-9H,4-5H2,1-3H3. The van der Waals surface area contributed by atoms with Crippen LogP contribution in [0.15, 0.2) is 24.3 Å². The molecule has 1 aromatic carbocycles. The van der Waals surface area contributed by atoms with Gasteiger partial charge in [-0.2, -0.15) is 0 Å². The maximum Gasteiger partial charge on any atom is 0.167 e. The lowest BCUT2D eigenvalue weighted by atomic mass is 9.92. The van der Waals surface area contributed by atoms with Crippen LogP contribution in [0.5, 0.6) is 5.75 Å². The van der Waals surface area contributed by atoms with Gasteiger partial charge in [0, 0.05) is 5.56 Å². The fourth-order valence-electron chi connectivity index (χ4n) is 1.84. The first-order valence-electron chi connectivity index (χ1n) is 5.22. The summed E-state index contributed by atoms with van der Waals surface area (Å²) in [7, 11) is 1.82. The molecule has 0 saturated heterocycles. The van der Waals surface area contributed by atoms with E-state index in [2.05, 4.69) is 13.8 Å². The molecule has 3 heteroatoms. The van der Waals surface area contributed by atoms with Crippen LogP contribution in [0.25, 0.3) is 0 Å². The van der Waals surface area contributed by atoms with Crippen molar-refractivity contribution < 1.29 is 9.30 Å². The molecule has 0 N–H and O–H groups in total. The molecule has 0 saturated carbocycles. The van der Waals surface area contributed by atoms with E-state index >= 15 is 0 Å². The van der Waals surface area contributed by atoms with Crippen LogP contribution in [-0.2, 0) is 9.72 Å². The Kier molecular flexibility index (Phi) is 4.28. The van der Waals surface area contributed by atoms with E-state index in [1.807, 2.05) is 24.3 Å². The Hall–Kier alpha value is -0.880. The molecule has 15 heavy (non-hydrogen) atoms. The van der Waals surface area contributed by atoms with Crippen molar-refractivity contribution in [3.8, 4) is 5.75 Å². The van der Waals surface area contributed by atoms with Crippen molar-refractivity contribution in [1.82, 2.24) is 0 Å². The van der Waals surface area contributed by atoms with E-state index in [1.54, 1.807) is 7.11 Å². The van der Waals surface area contributed by atoms with Gasteiger partial charge in [-0.05, 0) is 18.9 Å². The van der Waals surface area contributed by atoms with Gasteiger partial charge in [-0.25, -0.2) is 0 Å². The summed E-state index contributed by atoms with van der Waals surface area (Å²) in [6.07, 6.45) is 1.68. The minimum atomic E-state index is -0.299. The maximum atomic E-state index is 11.4. The lowest BCUT2D eigenvalue weighted by Gasteiger charge is -2.25. The molecule has 0 amide bonds. The molecule has 2 nitrogen and oxygen atoms in total. The van der Waals surface area contributed by atoms with Gasteiger partial charge in [0.2, 0.25) is 0 Å². The molecule has 0 unspecified atom stereocenters. The van der Waals surface area contributed by atoms with E-state index in [-0.39, 0.29) is 13.6 Å². The predicted octanol–water partition coefficient (Wildman–Crippen LogP) is 4.00. The van der Waals surface area contributed by atoms with Crippen LogP contribution < -0.4 is 4.74 Å². The zero-order valence-corrected chi connectivity index (χ0v) is 10.4. The molecule has 82 valence electrons. The lowest BCUT2D eigenvalue weighted by Crippen LogP contribution is -2.17. The first-order chi connectivity index (χ1) is 7.24. The van der Waals surface area contributed by atoms with Crippen molar-refractivity contribution in [2.45, 2.75) is 31.8 Å². The van der Waals surface area contributed by atoms with Crippen molar-refractivity contribution in [2.24, 2.45) is 0 Å². The number of benzene rings is 1. The highest BCUT2D eigenvalue weighted by atomic mass is 31.1. The molecule has 1 aromatic rings. The largest absolute Gasteiger partial charge is 0.496 e. The summed E-state index contributed by atoms with van der Waals surface area (Å²) in [5.41, 5.74) is 1.04. The van der Waals surface area contributed by atoms with Crippen LogP contribution in [0.1, 0.15) is 32.3 Å². The highest BCUT2D eigenvalue weighted by Gasteiger charge is 2.31. The smallest absolute Gasteiger partial charge is 0.167 e. The Morgan fingerprint density at radius 2 is 1.87 bits per heavy atom. The van der Waals surface area contributed by atoms with E-state index in [4.69, 9.17) is 4.74 Å². The van der Waals surface area contributed by atoms with E-state index in [0.717, 1.165) is 24.2 Å². The van der Waals surface area contributed by atoms with Gasteiger partial charge < -0.3 is 4.74 Å². The molecule has 0 bridgehead atoms. The van der Waals surface area contributed by atoms with Gasteiger partial charge in [0.15, 0.2) is 8.46 Å². The summed E-state index contributed by atoms with van der Waals surface area (Å²) in [6, 6.07) is 7.81. The van der Waals surface area contributed by atoms with Crippen LogP contribution in [0.4, 0.5) is 0 Å². The van der Waals surface area contributed by atoms with Gasteiger partial charge in [0.25, 0.3) is 0 Å². The minimum Gasteiger partial charge on any atom is -0.496 e. The molecule has 0 fully saturated rings. The molecule has 0 aromatic heterocycles. The Labute approximate surface area is 92.9 Å². The average Bonchev–Trinajstić information content (AvgIpc) is 2.33. The van der Waals surface area contributed by atoms with Crippen molar-refractivity contribution in [1.29, 1.82) is 0 Å². The molecule has 0 spiro atoms. The zero-order chi connectivity index (χ0) is 11.3. The summed E-state index contributed by atoms with van der Waals surface area (Å²) in [5.74, 6) is 0.824. The van der Waals surface area contributed by atoms with E-state index in [9.17, 15) is 4.57 Å². The third-order valence-corrected chi connectivity index (χ3v) is 4.18. The predicted molar refractivity (Wildman–Crippen MR) is 62.9 cm³/mol. The second-order valence-corrected chi connectivity index (χ2v) is 4.57. The monoisotopic (exact) mass is 224 g/mol. The fraction of sp³-hybridized carbons (Fsp3) is 0.500. The fourth-order valence-corrected chi connectivity index (χ4v) is 2.38. The van der Waals surface area contributed by atoms with Gasteiger partial charge in [-0.15, -0.1) is 0 Å². The number of hydrogen-bond donors (Lipinski definition) is 0. The molecule has 0 radical (unpaired) electrons. The zero-order valence-electron chi connectivity index (χ0n) is 9.49. The Morgan fingerprint density at radius 1 is 1.27 bits per heavy atom. The first-order valence-corrected chi connectivity index (χ1v) is 6.03. The topological polar surface area (TPSA) is 26.3 Å². The number of ether oxygens (including phenoxy) is 1. The van der Waals surface area contributed by atoms with Crippen LogP contribution in [0.3, 0.4) is 0 Å². The van der Waals surface area contributed by atoms with Crippen LogP contribution >= 0.6 is 8.46 Å². The molecule has 1 rings (SSSR count). The minimum absolute atomic E-state index is 0.168. The second-order valence-electron chi connectivity index (χ2n) is 3.53. The third-order valence-electron chi connectivity index (χ3n) is 2.95. The van der Waals surface area contributed by atoms with Crippen molar-refractivity contribution in [3.63, 3.8) is 0 Å². The van der Waals surface area contributed by atoms with Gasteiger partial charge >= 0.3 is 0 Å². The Morgan fingerprint density at radius 3 is 2.33 bits per heavy atom. The normalized spacial score (nSPS) is 11.7. The third kappa shape index (κ3) is 2.21. The molecule has 0 aliphatic rings. The number of para-hydroxylation sites is 1. The number of methoxy groups -OCH3 is 1.